The summed E-state index contributed by atoms with van der Waals surface area (Å²) in [7, 11) is 0. The number of hydrogen-bond acceptors (Lipinski definition) is 6. The second-order valence-electron chi connectivity index (χ2n) is 5.63. The molecule has 1 aliphatic rings. The van der Waals surface area contributed by atoms with Gasteiger partial charge in [0.1, 0.15) is 12.3 Å². The number of rotatable bonds is 5. The van der Waals surface area contributed by atoms with Crippen LogP contribution in [0.4, 0.5) is 0 Å². The first-order valence-electron chi connectivity index (χ1n) is 7.54. The number of nitrogens with zero attached hydrogens (tertiary/aromatic N) is 1. The molecule has 0 saturated carbocycles. The van der Waals surface area contributed by atoms with E-state index in [0.29, 0.717) is 18.4 Å². The molecule has 0 spiro atoms. The van der Waals surface area contributed by atoms with Gasteiger partial charge in [-0.05, 0) is 13.3 Å². The molecule has 0 radical (unpaired) electrons. The zero-order valence-corrected chi connectivity index (χ0v) is 13.1. The van der Waals surface area contributed by atoms with Crippen LogP contribution in [0.5, 0.6) is 0 Å². The maximum atomic E-state index is 12.0. The van der Waals surface area contributed by atoms with Gasteiger partial charge in [0.25, 0.3) is 5.56 Å². The van der Waals surface area contributed by atoms with E-state index < -0.39 is 35.7 Å². The van der Waals surface area contributed by atoms with Gasteiger partial charge in [0.2, 0.25) is 5.91 Å². The molecular weight excluding hydrogens is 304 g/mol. The predicted molar refractivity (Wildman–Crippen MR) is 81.9 cm³/mol. The normalized spacial score (nSPS) is 25.3. The predicted octanol–water partition coefficient (Wildman–Crippen LogP) is -1.79. The minimum absolute atomic E-state index is 0.290. The van der Waals surface area contributed by atoms with Crippen LogP contribution < -0.4 is 22.3 Å². The molecule has 1 saturated heterocycles. The number of carbonyl (C=O) groups is 1. The topological polar surface area (TPSA) is 139 Å². The third-order valence-electron chi connectivity index (χ3n) is 3.89. The Morgan fingerprint density at radius 2 is 2.30 bits per heavy atom. The van der Waals surface area contributed by atoms with E-state index in [4.69, 9.17) is 10.5 Å². The number of H-pyrrole nitrogens is 1. The summed E-state index contributed by atoms with van der Waals surface area (Å²) in [4.78, 5) is 37.6. The van der Waals surface area contributed by atoms with Gasteiger partial charge >= 0.3 is 5.69 Å². The quantitative estimate of drug-likeness (QED) is 0.504. The van der Waals surface area contributed by atoms with E-state index in [1.165, 1.54) is 10.8 Å². The van der Waals surface area contributed by atoms with Crippen molar-refractivity contribution in [3.63, 3.8) is 0 Å². The fourth-order valence-corrected chi connectivity index (χ4v) is 2.53. The van der Waals surface area contributed by atoms with Crippen LogP contribution in [0.15, 0.2) is 15.8 Å². The summed E-state index contributed by atoms with van der Waals surface area (Å²) in [6.45, 7) is 3.05. The van der Waals surface area contributed by atoms with E-state index in [2.05, 4.69) is 10.3 Å². The Hall–Kier alpha value is -1.97. The molecule has 1 fully saturated rings. The fraction of sp³-hybridized carbons (Fsp3) is 0.643. The van der Waals surface area contributed by atoms with Gasteiger partial charge in [-0.2, -0.15) is 0 Å². The number of aliphatic hydroxyl groups is 1. The van der Waals surface area contributed by atoms with E-state index in [1.54, 1.807) is 13.8 Å². The molecule has 0 aromatic carbocycles. The van der Waals surface area contributed by atoms with Crippen molar-refractivity contribution in [3.05, 3.63) is 32.6 Å². The molecule has 5 N–H and O–H groups in total. The summed E-state index contributed by atoms with van der Waals surface area (Å²) in [6, 6.07) is -1.15. The molecule has 1 aromatic heterocycles. The van der Waals surface area contributed by atoms with E-state index in [1.807, 2.05) is 0 Å². The number of carbonyl (C=O) groups excluding carboxylic acids is 1. The van der Waals surface area contributed by atoms with Gasteiger partial charge < -0.3 is 20.9 Å². The van der Waals surface area contributed by atoms with Crippen LogP contribution in [0.1, 0.15) is 32.1 Å². The number of aliphatic hydroxyl groups excluding tert-OH is 1. The second-order valence-corrected chi connectivity index (χ2v) is 5.63. The highest BCUT2D eigenvalue weighted by Crippen LogP contribution is 2.27. The maximum Gasteiger partial charge on any atom is 0.330 e. The minimum Gasteiger partial charge on any atom is -0.394 e. The van der Waals surface area contributed by atoms with Crippen LogP contribution in [-0.2, 0) is 16.0 Å². The van der Waals surface area contributed by atoms with Crippen LogP contribution >= 0.6 is 0 Å². The smallest absolute Gasteiger partial charge is 0.330 e. The SMILES string of the molecule is CCc1cn([C@H]2C[C@H](NC(=O)[C@H](C)N)[C@@H](CO)O2)c(=O)[nH]c1=O. The summed E-state index contributed by atoms with van der Waals surface area (Å²) in [5, 5.41) is 12.1. The summed E-state index contributed by atoms with van der Waals surface area (Å²) < 4.78 is 6.92. The standard InChI is InChI=1S/C14H22N4O5/c1-3-8-5-18(14(22)17-13(8)21)11-4-9(10(6-19)23-11)16-12(20)7(2)15/h5,7,9-11,19H,3-4,6,15H2,1-2H3,(H,16,20)(H,17,21,22)/t7-,9-,10+,11+/m0/s1. The number of nitrogens with one attached hydrogen (secondary N) is 2. The molecule has 9 heteroatoms. The maximum absolute atomic E-state index is 12.0. The minimum atomic E-state index is -0.684. The van der Waals surface area contributed by atoms with Gasteiger partial charge in [-0.3, -0.25) is 19.1 Å². The van der Waals surface area contributed by atoms with E-state index in [9.17, 15) is 19.5 Å². The van der Waals surface area contributed by atoms with E-state index >= 15 is 0 Å². The molecule has 1 aliphatic heterocycles. The third-order valence-corrected chi connectivity index (χ3v) is 3.89. The molecule has 0 bridgehead atoms. The van der Waals surface area contributed by atoms with Gasteiger partial charge in [-0.1, -0.05) is 6.92 Å². The highest BCUT2D eigenvalue weighted by atomic mass is 16.5. The Bertz CT molecular complexity index is 680. The number of aryl methyl sites for hydroxylation is 1. The largest absolute Gasteiger partial charge is 0.394 e. The molecule has 128 valence electrons. The molecule has 2 heterocycles. The number of aromatic amines is 1. The fourth-order valence-electron chi connectivity index (χ4n) is 2.53. The molecule has 23 heavy (non-hydrogen) atoms. The van der Waals surface area contributed by atoms with E-state index in [-0.39, 0.29) is 12.5 Å². The van der Waals surface area contributed by atoms with Crippen molar-refractivity contribution in [2.75, 3.05) is 6.61 Å². The average Bonchev–Trinajstić information content (AvgIpc) is 2.90. The number of amides is 1. The van der Waals surface area contributed by atoms with Gasteiger partial charge in [-0.15, -0.1) is 0 Å². The van der Waals surface area contributed by atoms with E-state index in [0.717, 1.165) is 0 Å². The van der Waals surface area contributed by atoms with Crippen LogP contribution in [0.25, 0.3) is 0 Å². The van der Waals surface area contributed by atoms with Crippen LogP contribution in [-0.4, -0.2) is 45.4 Å². The van der Waals surface area contributed by atoms with Crippen molar-refractivity contribution in [3.8, 4) is 0 Å². The average molecular weight is 326 g/mol. The van der Waals surface area contributed by atoms with Crippen molar-refractivity contribution in [1.29, 1.82) is 0 Å². The molecule has 2 rings (SSSR count). The van der Waals surface area contributed by atoms with Gasteiger partial charge in [0.15, 0.2) is 0 Å². The van der Waals surface area contributed by atoms with Crippen LogP contribution in [0.3, 0.4) is 0 Å². The monoisotopic (exact) mass is 326 g/mol. The lowest BCUT2D eigenvalue weighted by Gasteiger charge is -2.18. The number of nitrogens with two attached hydrogens (primary N) is 1. The van der Waals surface area contributed by atoms with Crippen molar-refractivity contribution in [1.82, 2.24) is 14.9 Å². The summed E-state index contributed by atoms with van der Waals surface area (Å²) in [5.74, 6) is -0.360. The molecule has 0 unspecified atom stereocenters. The molecule has 9 nitrogen and oxygen atoms in total. The molecule has 0 aliphatic carbocycles. The van der Waals surface area contributed by atoms with Crippen LogP contribution in [0, 0.1) is 0 Å². The Kier molecular flexibility index (Phi) is 5.34. The third kappa shape index (κ3) is 3.69. The zero-order chi connectivity index (χ0) is 17.1. The van der Waals surface area contributed by atoms with Crippen molar-refractivity contribution in [2.45, 2.75) is 51.1 Å². The van der Waals surface area contributed by atoms with Crippen molar-refractivity contribution < 1.29 is 14.6 Å². The number of ether oxygens (including phenoxy) is 1. The molecule has 1 amide bonds. The first-order chi connectivity index (χ1) is 10.9. The first kappa shape index (κ1) is 17.4. The number of hydrogen-bond donors (Lipinski definition) is 4. The van der Waals surface area contributed by atoms with Gasteiger partial charge in [0, 0.05) is 18.2 Å². The molecule has 4 atom stereocenters. The van der Waals surface area contributed by atoms with Crippen LogP contribution in [0.2, 0.25) is 0 Å². The Morgan fingerprint density at radius 1 is 1.61 bits per heavy atom. The highest BCUT2D eigenvalue weighted by Gasteiger charge is 2.37. The lowest BCUT2D eigenvalue weighted by Crippen LogP contribution is -2.47. The van der Waals surface area contributed by atoms with Gasteiger partial charge in [0.05, 0.1) is 18.7 Å². The zero-order valence-electron chi connectivity index (χ0n) is 13.1. The Balaban J connectivity index is 2.24. The number of aromatic nitrogens is 2. The molecular formula is C14H22N4O5. The molecule has 1 aromatic rings. The lowest BCUT2D eigenvalue weighted by molar-refractivity contribution is -0.123. The second kappa shape index (κ2) is 7.07. The van der Waals surface area contributed by atoms with Crippen molar-refractivity contribution in [2.24, 2.45) is 5.73 Å². The van der Waals surface area contributed by atoms with Crippen molar-refractivity contribution >= 4 is 5.91 Å². The highest BCUT2D eigenvalue weighted by molar-refractivity contribution is 5.81. The summed E-state index contributed by atoms with van der Waals surface area (Å²) >= 11 is 0. The summed E-state index contributed by atoms with van der Waals surface area (Å²) in [6.07, 6.45) is 0.887. The lowest BCUT2D eigenvalue weighted by atomic mass is 10.1. The van der Waals surface area contributed by atoms with Gasteiger partial charge in [-0.25, -0.2) is 4.79 Å². The Morgan fingerprint density at radius 3 is 2.87 bits per heavy atom. The Labute approximate surface area is 132 Å². The first-order valence-corrected chi connectivity index (χ1v) is 7.54. The summed E-state index contributed by atoms with van der Waals surface area (Å²) in [5.41, 5.74) is 4.96.